The van der Waals surface area contributed by atoms with Gasteiger partial charge in [-0.15, -0.1) is 11.3 Å². The van der Waals surface area contributed by atoms with Crippen molar-refractivity contribution in [3.05, 3.63) is 33.1 Å². The molecule has 2 aromatic heterocycles. The largest absolute Gasteiger partial charge is 0.361 e. The molecule has 0 N–H and O–H groups in total. The zero-order valence-electron chi connectivity index (χ0n) is 14.1. The van der Waals surface area contributed by atoms with E-state index in [0.717, 1.165) is 53.7 Å². The molecule has 0 radical (unpaired) electrons. The van der Waals surface area contributed by atoms with Gasteiger partial charge in [0.2, 0.25) is 5.91 Å². The SMILES string of the molecule is Cc1csc([C@@H]2CCCN(C(=O)[C@@H](C)c3c(C)noc3C)C2)n1. The second kappa shape index (κ2) is 6.43. The maximum atomic E-state index is 12.9. The lowest BCUT2D eigenvalue weighted by Crippen LogP contribution is -2.41. The highest BCUT2D eigenvalue weighted by atomic mass is 32.1. The summed E-state index contributed by atoms with van der Waals surface area (Å²) < 4.78 is 5.22. The molecular formula is C17H23N3O2S. The first-order valence-electron chi connectivity index (χ1n) is 8.11. The second-order valence-electron chi connectivity index (χ2n) is 6.41. The lowest BCUT2D eigenvalue weighted by Gasteiger charge is -2.33. The molecule has 1 aliphatic heterocycles. The minimum Gasteiger partial charge on any atom is -0.361 e. The molecule has 1 fully saturated rings. The van der Waals surface area contributed by atoms with E-state index in [0.29, 0.717) is 5.92 Å². The van der Waals surface area contributed by atoms with Gasteiger partial charge < -0.3 is 9.42 Å². The van der Waals surface area contributed by atoms with Gasteiger partial charge in [-0.2, -0.15) is 0 Å². The molecule has 6 heteroatoms. The number of aromatic nitrogens is 2. The third-order valence-electron chi connectivity index (χ3n) is 4.61. The molecule has 0 unspecified atom stereocenters. The van der Waals surface area contributed by atoms with Crippen LogP contribution in [0.4, 0.5) is 0 Å². The fourth-order valence-electron chi connectivity index (χ4n) is 3.44. The molecule has 2 aromatic rings. The van der Waals surface area contributed by atoms with Crippen LogP contribution >= 0.6 is 11.3 Å². The summed E-state index contributed by atoms with van der Waals surface area (Å²) in [7, 11) is 0. The Bertz CT molecular complexity index is 687. The lowest BCUT2D eigenvalue weighted by molar-refractivity contribution is -0.133. The van der Waals surface area contributed by atoms with Crippen LogP contribution in [0.15, 0.2) is 9.90 Å². The number of hydrogen-bond donors (Lipinski definition) is 0. The predicted octanol–water partition coefficient (Wildman–Crippen LogP) is 3.57. The highest BCUT2D eigenvalue weighted by Crippen LogP contribution is 2.32. The summed E-state index contributed by atoms with van der Waals surface area (Å²) in [4.78, 5) is 19.5. The molecule has 1 saturated heterocycles. The first-order chi connectivity index (χ1) is 11.0. The first kappa shape index (κ1) is 16.2. The van der Waals surface area contributed by atoms with Crippen molar-refractivity contribution in [1.29, 1.82) is 0 Å². The van der Waals surface area contributed by atoms with Crippen LogP contribution in [0, 0.1) is 20.8 Å². The Kier molecular flexibility index (Phi) is 4.53. The number of likely N-dealkylation sites (tertiary alicyclic amines) is 1. The van der Waals surface area contributed by atoms with E-state index >= 15 is 0 Å². The van der Waals surface area contributed by atoms with Gasteiger partial charge in [-0.3, -0.25) is 4.79 Å². The summed E-state index contributed by atoms with van der Waals surface area (Å²) >= 11 is 1.71. The monoisotopic (exact) mass is 333 g/mol. The number of nitrogens with zero attached hydrogens (tertiary/aromatic N) is 3. The average Bonchev–Trinajstić information content (AvgIpc) is 3.12. The van der Waals surface area contributed by atoms with Gasteiger partial charge in [0.25, 0.3) is 0 Å². The minimum atomic E-state index is -0.210. The number of rotatable bonds is 3. The van der Waals surface area contributed by atoms with E-state index in [4.69, 9.17) is 4.52 Å². The van der Waals surface area contributed by atoms with Crippen LogP contribution in [0.1, 0.15) is 59.3 Å². The summed E-state index contributed by atoms with van der Waals surface area (Å²) in [5.41, 5.74) is 2.81. The van der Waals surface area contributed by atoms with Crippen LogP contribution < -0.4 is 0 Å². The van der Waals surface area contributed by atoms with Gasteiger partial charge in [0.05, 0.1) is 16.6 Å². The van der Waals surface area contributed by atoms with E-state index in [9.17, 15) is 4.79 Å². The van der Waals surface area contributed by atoms with Crippen molar-refractivity contribution < 1.29 is 9.32 Å². The number of carbonyl (C=O) groups is 1. The Labute approximate surface area is 140 Å². The van der Waals surface area contributed by atoms with Crippen molar-refractivity contribution in [2.45, 2.75) is 52.4 Å². The van der Waals surface area contributed by atoms with Gasteiger partial charge in [-0.05, 0) is 40.5 Å². The number of amides is 1. The standard InChI is InChI=1S/C17H23N3O2S/c1-10-9-23-16(18-10)14-6-5-7-20(8-14)17(21)11(2)15-12(3)19-22-13(15)4/h9,11,14H,5-8H2,1-4H3/t11-,14+/m0/s1. The molecule has 1 aliphatic rings. The normalized spacial score (nSPS) is 19.8. The highest BCUT2D eigenvalue weighted by Gasteiger charge is 2.31. The van der Waals surface area contributed by atoms with E-state index in [1.165, 1.54) is 0 Å². The second-order valence-corrected chi connectivity index (χ2v) is 7.30. The van der Waals surface area contributed by atoms with E-state index in [-0.39, 0.29) is 11.8 Å². The molecule has 0 aromatic carbocycles. The zero-order chi connectivity index (χ0) is 16.6. The van der Waals surface area contributed by atoms with Crippen LogP contribution in [0.3, 0.4) is 0 Å². The Balaban J connectivity index is 1.74. The number of carbonyl (C=O) groups excluding carboxylic acids is 1. The van der Waals surface area contributed by atoms with Crippen molar-refractivity contribution in [2.24, 2.45) is 0 Å². The molecule has 23 heavy (non-hydrogen) atoms. The molecule has 3 heterocycles. The number of aryl methyl sites for hydroxylation is 3. The maximum Gasteiger partial charge on any atom is 0.230 e. The van der Waals surface area contributed by atoms with Crippen molar-refractivity contribution in [2.75, 3.05) is 13.1 Å². The smallest absolute Gasteiger partial charge is 0.230 e. The van der Waals surface area contributed by atoms with Gasteiger partial charge in [-0.1, -0.05) is 5.16 Å². The third kappa shape index (κ3) is 3.17. The van der Waals surface area contributed by atoms with E-state index < -0.39 is 0 Å². The fourth-order valence-corrected chi connectivity index (χ4v) is 4.37. The third-order valence-corrected chi connectivity index (χ3v) is 5.74. The molecule has 5 nitrogen and oxygen atoms in total. The van der Waals surface area contributed by atoms with E-state index in [2.05, 4.69) is 15.5 Å². The van der Waals surface area contributed by atoms with Crippen LogP contribution in [-0.2, 0) is 4.79 Å². The summed E-state index contributed by atoms with van der Waals surface area (Å²) in [6.07, 6.45) is 2.14. The topological polar surface area (TPSA) is 59.2 Å². The molecular weight excluding hydrogens is 310 g/mol. The van der Waals surface area contributed by atoms with Gasteiger partial charge in [-0.25, -0.2) is 4.98 Å². The Morgan fingerprint density at radius 3 is 2.83 bits per heavy atom. The van der Waals surface area contributed by atoms with Crippen LogP contribution in [0.2, 0.25) is 0 Å². The minimum absolute atomic E-state index is 0.164. The van der Waals surface area contributed by atoms with Crippen molar-refractivity contribution in [3.63, 3.8) is 0 Å². The van der Waals surface area contributed by atoms with Gasteiger partial charge >= 0.3 is 0 Å². The molecule has 0 spiro atoms. The van der Waals surface area contributed by atoms with Gasteiger partial charge in [0.1, 0.15) is 5.76 Å². The summed E-state index contributed by atoms with van der Waals surface area (Å²) in [6, 6.07) is 0. The van der Waals surface area contributed by atoms with Crippen LogP contribution in [0.25, 0.3) is 0 Å². The Morgan fingerprint density at radius 1 is 1.43 bits per heavy atom. The number of piperidine rings is 1. The van der Waals surface area contributed by atoms with Crippen LogP contribution in [-0.4, -0.2) is 34.0 Å². The van der Waals surface area contributed by atoms with Crippen LogP contribution in [0.5, 0.6) is 0 Å². The zero-order valence-corrected chi connectivity index (χ0v) is 14.9. The summed E-state index contributed by atoms with van der Waals surface area (Å²) in [6.45, 7) is 9.33. The van der Waals surface area contributed by atoms with Crippen molar-refractivity contribution in [3.8, 4) is 0 Å². The Hall–Kier alpha value is -1.69. The highest BCUT2D eigenvalue weighted by molar-refractivity contribution is 7.09. The van der Waals surface area contributed by atoms with Crippen molar-refractivity contribution >= 4 is 17.2 Å². The van der Waals surface area contributed by atoms with E-state index in [1.807, 2.05) is 32.6 Å². The Morgan fingerprint density at radius 2 is 2.22 bits per heavy atom. The summed E-state index contributed by atoms with van der Waals surface area (Å²) in [5.74, 6) is 1.06. The lowest BCUT2D eigenvalue weighted by atomic mass is 9.94. The molecule has 0 saturated carbocycles. The number of hydrogen-bond acceptors (Lipinski definition) is 5. The molecule has 124 valence electrons. The average molecular weight is 333 g/mol. The molecule has 2 atom stereocenters. The van der Waals surface area contributed by atoms with Gasteiger partial charge in [0, 0.05) is 35.6 Å². The first-order valence-corrected chi connectivity index (χ1v) is 8.99. The summed E-state index contributed by atoms with van der Waals surface area (Å²) in [5, 5.41) is 7.22. The van der Waals surface area contributed by atoms with Crippen molar-refractivity contribution in [1.82, 2.24) is 15.0 Å². The number of thiazole rings is 1. The maximum absolute atomic E-state index is 12.9. The molecule has 0 bridgehead atoms. The van der Waals surface area contributed by atoms with E-state index in [1.54, 1.807) is 11.3 Å². The fraction of sp³-hybridized carbons (Fsp3) is 0.588. The quantitative estimate of drug-likeness (QED) is 0.861. The van der Waals surface area contributed by atoms with Gasteiger partial charge in [0.15, 0.2) is 0 Å². The molecule has 3 rings (SSSR count). The predicted molar refractivity (Wildman–Crippen MR) is 89.8 cm³/mol. The molecule has 0 aliphatic carbocycles. The molecule has 1 amide bonds.